The molecule has 0 spiro atoms. The number of hydrogen-bond donors (Lipinski definition) is 2. The minimum Gasteiger partial charge on any atom is -0.388 e. The van der Waals surface area contributed by atoms with Crippen molar-refractivity contribution >= 4 is 17.5 Å². The first kappa shape index (κ1) is 19.8. The summed E-state index contributed by atoms with van der Waals surface area (Å²) in [5.74, 6) is -0.272. The van der Waals surface area contributed by atoms with Crippen LogP contribution in [-0.2, 0) is 0 Å². The van der Waals surface area contributed by atoms with Gasteiger partial charge >= 0.3 is 0 Å². The Morgan fingerprint density at radius 1 is 1.26 bits per heavy atom. The van der Waals surface area contributed by atoms with Crippen LogP contribution in [0.25, 0.3) is 11.3 Å². The van der Waals surface area contributed by atoms with E-state index in [1.54, 1.807) is 18.3 Å². The van der Waals surface area contributed by atoms with Gasteiger partial charge in [-0.25, -0.2) is 0 Å². The van der Waals surface area contributed by atoms with Gasteiger partial charge in [0.05, 0.1) is 21.9 Å². The highest BCUT2D eigenvalue weighted by Crippen LogP contribution is 2.40. The molecular weight excluding hydrogens is 360 g/mol. The second-order valence-electron chi connectivity index (χ2n) is 8.52. The molecule has 1 fully saturated rings. The predicted molar refractivity (Wildman–Crippen MR) is 109 cm³/mol. The predicted octanol–water partition coefficient (Wildman–Crippen LogP) is 4.77. The van der Waals surface area contributed by atoms with Gasteiger partial charge in [0.2, 0.25) is 0 Å². The lowest BCUT2D eigenvalue weighted by Crippen LogP contribution is -2.48. The van der Waals surface area contributed by atoms with Crippen LogP contribution in [0.2, 0.25) is 5.02 Å². The fourth-order valence-electron chi connectivity index (χ4n) is 3.95. The van der Waals surface area contributed by atoms with E-state index >= 15 is 0 Å². The van der Waals surface area contributed by atoms with Crippen molar-refractivity contribution in [1.29, 1.82) is 0 Å². The molecule has 1 aliphatic rings. The minimum atomic E-state index is -0.861. The molecular formula is C22H27ClN2O2. The minimum absolute atomic E-state index is 0.0897. The third kappa shape index (κ3) is 4.88. The van der Waals surface area contributed by atoms with Gasteiger partial charge in [-0.15, -0.1) is 0 Å². The van der Waals surface area contributed by atoms with Crippen molar-refractivity contribution in [2.45, 2.75) is 52.1 Å². The molecule has 1 heterocycles. The molecule has 144 valence electrons. The van der Waals surface area contributed by atoms with Gasteiger partial charge < -0.3 is 10.4 Å². The molecule has 1 amide bonds. The maximum atomic E-state index is 12.7. The molecule has 0 aliphatic heterocycles. The van der Waals surface area contributed by atoms with Gasteiger partial charge in [-0.05, 0) is 61.8 Å². The van der Waals surface area contributed by atoms with E-state index in [0.717, 1.165) is 29.7 Å². The van der Waals surface area contributed by atoms with Gasteiger partial charge in [0, 0.05) is 18.3 Å². The molecule has 2 aromatic rings. The second-order valence-corrected chi connectivity index (χ2v) is 8.92. The summed E-state index contributed by atoms with van der Waals surface area (Å²) in [6.45, 7) is 6.54. The van der Waals surface area contributed by atoms with Crippen LogP contribution in [0.1, 0.15) is 55.5 Å². The van der Waals surface area contributed by atoms with Crippen molar-refractivity contribution in [3.05, 3.63) is 52.7 Å². The first-order chi connectivity index (χ1) is 12.7. The molecule has 5 heteroatoms. The molecule has 4 nitrogen and oxygen atoms in total. The first-order valence-electron chi connectivity index (χ1n) is 9.41. The van der Waals surface area contributed by atoms with Crippen LogP contribution in [-0.4, -0.2) is 28.1 Å². The van der Waals surface area contributed by atoms with E-state index in [1.165, 1.54) is 0 Å². The highest BCUT2D eigenvalue weighted by atomic mass is 35.5. The van der Waals surface area contributed by atoms with Gasteiger partial charge in [0.1, 0.15) is 0 Å². The Morgan fingerprint density at radius 3 is 2.70 bits per heavy atom. The maximum Gasteiger partial charge on any atom is 0.252 e. The van der Waals surface area contributed by atoms with Crippen molar-refractivity contribution in [3.63, 3.8) is 0 Å². The molecule has 1 unspecified atom stereocenters. The molecule has 2 N–H and O–H groups in total. The van der Waals surface area contributed by atoms with Crippen LogP contribution in [0.4, 0.5) is 0 Å². The molecule has 1 atom stereocenters. The van der Waals surface area contributed by atoms with Crippen molar-refractivity contribution in [3.8, 4) is 11.3 Å². The number of pyridine rings is 1. The topological polar surface area (TPSA) is 62.2 Å². The lowest BCUT2D eigenvalue weighted by atomic mass is 9.70. The summed E-state index contributed by atoms with van der Waals surface area (Å²) in [4.78, 5) is 17.1. The number of aliphatic hydroxyl groups is 1. The van der Waals surface area contributed by atoms with Crippen LogP contribution in [0.5, 0.6) is 0 Å². The highest BCUT2D eigenvalue weighted by Gasteiger charge is 2.38. The highest BCUT2D eigenvalue weighted by molar-refractivity contribution is 6.34. The monoisotopic (exact) mass is 386 g/mol. The van der Waals surface area contributed by atoms with Crippen molar-refractivity contribution in [2.24, 2.45) is 5.41 Å². The Balaban J connectivity index is 1.74. The Bertz CT molecular complexity index is 833. The number of rotatable bonds is 4. The number of aryl methyl sites for hydroxylation is 1. The molecule has 0 radical (unpaired) electrons. The number of carbonyl (C=O) groups is 1. The Labute approximate surface area is 166 Å². The largest absolute Gasteiger partial charge is 0.388 e. The van der Waals surface area contributed by atoms with E-state index in [1.807, 2.05) is 25.1 Å². The lowest BCUT2D eigenvalue weighted by Gasteiger charge is -2.41. The summed E-state index contributed by atoms with van der Waals surface area (Å²) in [5, 5.41) is 14.1. The third-order valence-corrected chi connectivity index (χ3v) is 5.63. The summed E-state index contributed by atoms with van der Waals surface area (Å²) in [7, 11) is 0. The summed E-state index contributed by atoms with van der Waals surface area (Å²) in [6.07, 6.45) is 5.25. The zero-order valence-corrected chi connectivity index (χ0v) is 16.9. The zero-order chi connectivity index (χ0) is 19.7. The summed E-state index contributed by atoms with van der Waals surface area (Å²) in [6, 6.07) is 9.23. The van der Waals surface area contributed by atoms with Crippen LogP contribution in [0, 0.1) is 12.3 Å². The van der Waals surface area contributed by atoms with Crippen LogP contribution in [0.3, 0.4) is 0 Å². The number of nitrogens with one attached hydrogen (secondary N) is 1. The molecule has 0 saturated heterocycles. The third-order valence-electron chi connectivity index (χ3n) is 5.30. The van der Waals surface area contributed by atoms with E-state index in [4.69, 9.17) is 11.6 Å². The first-order valence-corrected chi connectivity index (χ1v) is 9.79. The summed E-state index contributed by atoms with van der Waals surface area (Å²) >= 11 is 6.26. The van der Waals surface area contributed by atoms with Gasteiger partial charge in [-0.3, -0.25) is 9.78 Å². The normalized spacial score (nSPS) is 21.7. The van der Waals surface area contributed by atoms with Gasteiger partial charge in [0.15, 0.2) is 0 Å². The van der Waals surface area contributed by atoms with E-state index in [9.17, 15) is 9.90 Å². The standard InChI is InChI=1S/C22H27ClN2O2/c1-15-5-8-19(24-12-15)16-6-7-18(23)17(11-16)20(26)25-14-22(27)10-4-9-21(2,3)13-22/h5-8,11-12,27H,4,9-10,13-14H2,1-3H3,(H,25,26). The summed E-state index contributed by atoms with van der Waals surface area (Å²) < 4.78 is 0. The number of halogens is 1. The zero-order valence-electron chi connectivity index (χ0n) is 16.2. The Morgan fingerprint density at radius 2 is 2.04 bits per heavy atom. The molecule has 1 aromatic heterocycles. The van der Waals surface area contributed by atoms with Gasteiger partial charge in [-0.2, -0.15) is 0 Å². The fraction of sp³-hybridized carbons (Fsp3) is 0.455. The van der Waals surface area contributed by atoms with Gasteiger partial charge in [-0.1, -0.05) is 37.6 Å². The fourth-order valence-corrected chi connectivity index (χ4v) is 4.16. The number of carbonyl (C=O) groups excluding carboxylic acids is 1. The molecule has 3 rings (SSSR count). The maximum absolute atomic E-state index is 12.7. The van der Waals surface area contributed by atoms with Crippen molar-refractivity contribution in [2.75, 3.05) is 6.54 Å². The lowest BCUT2D eigenvalue weighted by molar-refractivity contribution is -0.0361. The Kier molecular flexibility index (Phi) is 5.59. The van der Waals surface area contributed by atoms with Crippen LogP contribution in [0.15, 0.2) is 36.5 Å². The quantitative estimate of drug-likeness (QED) is 0.795. The number of hydrogen-bond acceptors (Lipinski definition) is 3. The average molecular weight is 387 g/mol. The summed E-state index contributed by atoms with van der Waals surface area (Å²) in [5.41, 5.74) is 2.33. The molecule has 0 bridgehead atoms. The van der Waals surface area contributed by atoms with E-state index < -0.39 is 5.60 Å². The van der Waals surface area contributed by atoms with Crippen molar-refractivity contribution in [1.82, 2.24) is 10.3 Å². The number of nitrogens with zero attached hydrogens (tertiary/aromatic N) is 1. The molecule has 1 saturated carbocycles. The Hall–Kier alpha value is -1.91. The van der Waals surface area contributed by atoms with Crippen molar-refractivity contribution < 1.29 is 9.90 Å². The van der Waals surface area contributed by atoms with Gasteiger partial charge in [0.25, 0.3) is 5.91 Å². The number of benzene rings is 1. The smallest absolute Gasteiger partial charge is 0.252 e. The van der Waals surface area contributed by atoms with Crippen LogP contribution < -0.4 is 5.32 Å². The molecule has 1 aliphatic carbocycles. The number of amides is 1. The van der Waals surface area contributed by atoms with Crippen LogP contribution >= 0.6 is 11.6 Å². The van der Waals surface area contributed by atoms with E-state index in [0.29, 0.717) is 23.4 Å². The molecule has 27 heavy (non-hydrogen) atoms. The van der Waals surface area contributed by atoms with E-state index in [-0.39, 0.29) is 17.9 Å². The SMILES string of the molecule is Cc1ccc(-c2ccc(Cl)c(C(=O)NCC3(O)CCCC(C)(C)C3)c2)nc1. The average Bonchev–Trinajstić information content (AvgIpc) is 2.60. The van der Waals surface area contributed by atoms with E-state index in [2.05, 4.69) is 24.1 Å². The second kappa shape index (κ2) is 7.61. The number of aromatic nitrogens is 1. The molecule has 1 aromatic carbocycles.